The van der Waals surface area contributed by atoms with Crippen LogP contribution in [0.2, 0.25) is 0 Å². The SMILES string of the molecule is N#Cc1c(SCC(=O)O)nc2c(c1-c1cccnc1)CCC2. The van der Waals surface area contributed by atoms with E-state index in [0.717, 1.165) is 53.4 Å². The normalized spacial score (nSPS) is 12.7. The fourth-order valence-corrected chi connectivity index (χ4v) is 3.45. The van der Waals surface area contributed by atoms with Crippen molar-refractivity contribution in [1.82, 2.24) is 9.97 Å². The molecule has 1 N–H and O–H groups in total. The summed E-state index contributed by atoms with van der Waals surface area (Å²) in [7, 11) is 0. The average Bonchev–Trinajstić information content (AvgIpc) is 3.00. The summed E-state index contributed by atoms with van der Waals surface area (Å²) in [5.74, 6) is -1.02. The molecule has 0 radical (unpaired) electrons. The van der Waals surface area contributed by atoms with Gasteiger partial charge in [0.1, 0.15) is 11.1 Å². The molecule has 0 bridgehead atoms. The number of nitrogens with zero attached hydrogens (tertiary/aromatic N) is 3. The number of aromatic nitrogens is 2. The van der Waals surface area contributed by atoms with E-state index in [9.17, 15) is 10.1 Å². The van der Waals surface area contributed by atoms with Crippen LogP contribution in [0, 0.1) is 11.3 Å². The highest BCUT2D eigenvalue weighted by Gasteiger charge is 2.24. The number of carboxylic acids is 1. The van der Waals surface area contributed by atoms with Crippen molar-refractivity contribution in [3.05, 3.63) is 41.3 Å². The Morgan fingerprint density at radius 3 is 3.00 bits per heavy atom. The lowest BCUT2D eigenvalue weighted by atomic mass is 9.97. The Morgan fingerprint density at radius 1 is 1.45 bits per heavy atom. The van der Waals surface area contributed by atoms with Gasteiger partial charge in [-0.15, -0.1) is 0 Å². The van der Waals surface area contributed by atoms with Gasteiger partial charge in [0, 0.05) is 29.2 Å². The Kier molecular flexibility index (Phi) is 4.07. The zero-order valence-corrected chi connectivity index (χ0v) is 12.6. The third-order valence-electron chi connectivity index (χ3n) is 3.59. The molecule has 5 nitrogen and oxygen atoms in total. The van der Waals surface area contributed by atoms with Crippen molar-refractivity contribution >= 4 is 17.7 Å². The van der Waals surface area contributed by atoms with Gasteiger partial charge in [0.25, 0.3) is 0 Å². The smallest absolute Gasteiger partial charge is 0.313 e. The molecule has 0 aromatic carbocycles. The van der Waals surface area contributed by atoms with Gasteiger partial charge in [-0.05, 0) is 30.9 Å². The summed E-state index contributed by atoms with van der Waals surface area (Å²) in [5, 5.41) is 19.0. The van der Waals surface area contributed by atoms with E-state index in [0.29, 0.717) is 10.6 Å². The molecule has 0 amide bonds. The van der Waals surface area contributed by atoms with Gasteiger partial charge in [-0.1, -0.05) is 17.8 Å². The Labute approximate surface area is 132 Å². The molecule has 0 spiro atoms. The van der Waals surface area contributed by atoms with Crippen molar-refractivity contribution in [2.45, 2.75) is 24.3 Å². The maximum Gasteiger partial charge on any atom is 0.313 e. The standard InChI is InChI=1S/C16H13N3O2S/c17-7-12-15(10-3-2-6-18-8-10)11-4-1-5-13(11)19-16(12)22-9-14(20)21/h2-3,6,8H,1,4-5,9H2,(H,20,21). The summed E-state index contributed by atoms with van der Waals surface area (Å²) < 4.78 is 0. The first-order valence-corrected chi connectivity index (χ1v) is 7.90. The van der Waals surface area contributed by atoms with Crippen LogP contribution < -0.4 is 0 Å². The van der Waals surface area contributed by atoms with Crippen LogP contribution in [-0.4, -0.2) is 26.8 Å². The van der Waals surface area contributed by atoms with Gasteiger partial charge in [0.2, 0.25) is 0 Å². The van der Waals surface area contributed by atoms with E-state index in [-0.39, 0.29) is 5.75 Å². The number of thioether (sulfide) groups is 1. The summed E-state index contributed by atoms with van der Waals surface area (Å²) in [5.41, 5.74) is 4.29. The predicted octanol–water partition coefficient (Wildman–Crippen LogP) is 2.68. The summed E-state index contributed by atoms with van der Waals surface area (Å²) >= 11 is 1.10. The number of pyridine rings is 2. The zero-order valence-electron chi connectivity index (χ0n) is 11.7. The van der Waals surface area contributed by atoms with E-state index in [1.54, 1.807) is 12.4 Å². The minimum absolute atomic E-state index is 0.104. The van der Waals surface area contributed by atoms with Gasteiger partial charge in [-0.2, -0.15) is 5.26 Å². The van der Waals surface area contributed by atoms with Crippen LogP contribution in [0.5, 0.6) is 0 Å². The highest BCUT2D eigenvalue weighted by molar-refractivity contribution is 7.99. The first kappa shape index (κ1) is 14.5. The maximum absolute atomic E-state index is 10.8. The molecule has 0 saturated carbocycles. The molecule has 3 rings (SSSR count). The zero-order chi connectivity index (χ0) is 15.5. The van der Waals surface area contributed by atoms with E-state index in [1.807, 2.05) is 12.1 Å². The van der Waals surface area contributed by atoms with E-state index >= 15 is 0 Å². The van der Waals surface area contributed by atoms with Crippen LogP contribution in [0.3, 0.4) is 0 Å². The topological polar surface area (TPSA) is 86.9 Å². The lowest BCUT2D eigenvalue weighted by molar-refractivity contribution is -0.133. The quantitative estimate of drug-likeness (QED) is 0.874. The van der Waals surface area contributed by atoms with Crippen LogP contribution in [0.4, 0.5) is 0 Å². The summed E-state index contributed by atoms with van der Waals surface area (Å²) in [6.45, 7) is 0. The molecule has 110 valence electrons. The average molecular weight is 311 g/mol. The molecular formula is C16H13N3O2S. The molecule has 6 heteroatoms. The Morgan fingerprint density at radius 2 is 2.32 bits per heavy atom. The third kappa shape index (κ3) is 2.68. The first-order valence-electron chi connectivity index (χ1n) is 6.91. The molecule has 1 aliphatic rings. The number of fused-ring (bicyclic) bond motifs is 1. The number of hydrogen-bond donors (Lipinski definition) is 1. The lowest BCUT2D eigenvalue weighted by Gasteiger charge is -2.13. The largest absolute Gasteiger partial charge is 0.481 e. The first-order chi connectivity index (χ1) is 10.7. The number of aryl methyl sites for hydroxylation is 1. The minimum Gasteiger partial charge on any atom is -0.481 e. The van der Waals surface area contributed by atoms with Crippen LogP contribution in [-0.2, 0) is 17.6 Å². The molecule has 22 heavy (non-hydrogen) atoms. The van der Waals surface area contributed by atoms with E-state index in [2.05, 4.69) is 16.0 Å². The Hall–Kier alpha value is -2.39. The van der Waals surface area contributed by atoms with Crippen molar-refractivity contribution in [2.24, 2.45) is 0 Å². The van der Waals surface area contributed by atoms with E-state index in [4.69, 9.17) is 5.11 Å². The Bertz CT molecular complexity index is 769. The van der Waals surface area contributed by atoms with E-state index in [1.165, 1.54) is 0 Å². The molecule has 0 unspecified atom stereocenters. The van der Waals surface area contributed by atoms with Gasteiger partial charge in [-0.3, -0.25) is 9.78 Å². The number of hydrogen-bond acceptors (Lipinski definition) is 5. The highest BCUT2D eigenvalue weighted by atomic mass is 32.2. The fraction of sp³-hybridized carbons (Fsp3) is 0.250. The van der Waals surface area contributed by atoms with Crippen molar-refractivity contribution in [1.29, 1.82) is 5.26 Å². The molecule has 2 aromatic rings. The highest BCUT2D eigenvalue weighted by Crippen LogP contribution is 2.38. The molecule has 2 aromatic heterocycles. The summed E-state index contributed by atoms with van der Waals surface area (Å²) in [6.07, 6.45) is 6.20. The monoisotopic (exact) mass is 311 g/mol. The van der Waals surface area contributed by atoms with Gasteiger partial charge in [0.15, 0.2) is 0 Å². The minimum atomic E-state index is -0.917. The summed E-state index contributed by atoms with van der Waals surface area (Å²) in [4.78, 5) is 19.5. The van der Waals surface area contributed by atoms with Crippen LogP contribution in [0.15, 0.2) is 29.6 Å². The second kappa shape index (κ2) is 6.16. The van der Waals surface area contributed by atoms with Crippen LogP contribution >= 0.6 is 11.8 Å². The number of carbonyl (C=O) groups is 1. The molecule has 0 fully saturated rings. The van der Waals surface area contributed by atoms with Crippen molar-refractivity contribution in [3.63, 3.8) is 0 Å². The third-order valence-corrected chi connectivity index (χ3v) is 4.55. The van der Waals surface area contributed by atoms with Crippen molar-refractivity contribution < 1.29 is 9.90 Å². The molecule has 2 heterocycles. The second-order valence-electron chi connectivity index (χ2n) is 4.98. The van der Waals surface area contributed by atoms with Crippen LogP contribution in [0.25, 0.3) is 11.1 Å². The fourth-order valence-electron chi connectivity index (χ4n) is 2.72. The molecular weight excluding hydrogens is 298 g/mol. The second-order valence-corrected chi connectivity index (χ2v) is 5.95. The Balaban J connectivity index is 2.18. The summed E-state index contributed by atoms with van der Waals surface area (Å²) in [6, 6.07) is 5.97. The van der Waals surface area contributed by atoms with Gasteiger partial charge in [0.05, 0.1) is 11.3 Å². The van der Waals surface area contributed by atoms with Crippen molar-refractivity contribution in [2.75, 3.05) is 5.75 Å². The molecule has 0 atom stereocenters. The maximum atomic E-state index is 10.8. The molecule has 1 aliphatic carbocycles. The van der Waals surface area contributed by atoms with Gasteiger partial charge < -0.3 is 5.11 Å². The number of rotatable bonds is 4. The number of carboxylic acid groups (broad SMARTS) is 1. The predicted molar refractivity (Wildman–Crippen MR) is 82.6 cm³/mol. The van der Waals surface area contributed by atoms with Crippen molar-refractivity contribution in [3.8, 4) is 17.2 Å². The number of aliphatic carboxylic acids is 1. The lowest BCUT2D eigenvalue weighted by Crippen LogP contribution is -2.04. The van der Waals surface area contributed by atoms with Gasteiger partial charge in [-0.25, -0.2) is 4.98 Å². The van der Waals surface area contributed by atoms with Gasteiger partial charge >= 0.3 is 5.97 Å². The van der Waals surface area contributed by atoms with Crippen LogP contribution in [0.1, 0.15) is 23.2 Å². The molecule has 0 saturated heterocycles. The molecule has 0 aliphatic heterocycles. The van der Waals surface area contributed by atoms with E-state index < -0.39 is 5.97 Å². The number of nitriles is 1.